The molecule has 2 N–H and O–H groups in total. The number of carbonyl (C=O) groups is 1. The Hall–Kier alpha value is -2.90. The monoisotopic (exact) mass is 383 g/mol. The Morgan fingerprint density at radius 3 is 2.85 bits per heavy atom. The predicted octanol–water partition coefficient (Wildman–Crippen LogP) is 4.16. The topological polar surface area (TPSA) is 75.6 Å². The molecule has 4 aromatic rings. The van der Waals surface area contributed by atoms with Gasteiger partial charge in [0.2, 0.25) is 5.91 Å². The van der Waals surface area contributed by atoms with Crippen LogP contribution in [-0.2, 0) is 11.2 Å². The van der Waals surface area contributed by atoms with Crippen molar-refractivity contribution in [2.24, 2.45) is 0 Å². The summed E-state index contributed by atoms with van der Waals surface area (Å²) in [5.74, 6) is 0.324. The maximum Gasteiger partial charge on any atom is 0.230 e. The van der Waals surface area contributed by atoms with E-state index >= 15 is 0 Å². The number of amides is 1. The van der Waals surface area contributed by atoms with E-state index in [0.29, 0.717) is 10.2 Å². The summed E-state index contributed by atoms with van der Waals surface area (Å²) in [6.45, 7) is 0. The fourth-order valence-corrected chi connectivity index (χ4v) is 3.53. The molecule has 1 aromatic carbocycles. The van der Waals surface area contributed by atoms with E-state index in [1.807, 2.05) is 48.7 Å². The first-order valence-electron chi connectivity index (χ1n) is 7.87. The molecule has 0 aliphatic carbocycles. The summed E-state index contributed by atoms with van der Waals surface area (Å²) >= 11 is 7.39. The zero-order chi connectivity index (χ0) is 17.9. The fourth-order valence-electron chi connectivity index (χ4n) is 2.52. The van der Waals surface area contributed by atoms with Crippen LogP contribution in [0, 0.1) is 0 Å². The number of nitrogens with zero attached hydrogens (tertiary/aromatic N) is 3. The van der Waals surface area contributed by atoms with Crippen molar-refractivity contribution in [2.75, 3.05) is 5.32 Å². The van der Waals surface area contributed by atoms with Crippen LogP contribution in [0.2, 0.25) is 4.34 Å². The molecule has 0 radical (unpaired) electrons. The summed E-state index contributed by atoms with van der Waals surface area (Å²) in [7, 11) is 0. The number of carbonyl (C=O) groups excluding carboxylic acids is 1. The van der Waals surface area contributed by atoms with Gasteiger partial charge < -0.3 is 5.32 Å². The van der Waals surface area contributed by atoms with Gasteiger partial charge in [-0.15, -0.1) is 11.3 Å². The van der Waals surface area contributed by atoms with Crippen LogP contribution in [0.5, 0.6) is 0 Å². The van der Waals surface area contributed by atoms with Crippen LogP contribution in [0.4, 0.5) is 5.82 Å². The molecule has 0 saturated heterocycles. The molecule has 130 valence electrons. The van der Waals surface area contributed by atoms with Crippen molar-refractivity contribution in [1.82, 2.24) is 20.0 Å². The van der Waals surface area contributed by atoms with Gasteiger partial charge in [-0.05, 0) is 29.8 Å². The Kier molecular flexibility index (Phi) is 4.55. The molecule has 0 atom stereocenters. The lowest BCUT2D eigenvalue weighted by Crippen LogP contribution is -2.14. The van der Waals surface area contributed by atoms with Crippen molar-refractivity contribution in [2.45, 2.75) is 6.42 Å². The number of aromatic amines is 1. The van der Waals surface area contributed by atoms with Crippen LogP contribution in [0.1, 0.15) is 5.56 Å². The number of thiophene rings is 1. The Labute approximate surface area is 158 Å². The largest absolute Gasteiger partial charge is 0.309 e. The van der Waals surface area contributed by atoms with Crippen LogP contribution < -0.4 is 5.32 Å². The number of hydrogen-bond donors (Lipinski definition) is 2. The Morgan fingerprint density at radius 1 is 1.23 bits per heavy atom. The van der Waals surface area contributed by atoms with Crippen molar-refractivity contribution < 1.29 is 4.79 Å². The zero-order valence-electron chi connectivity index (χ0n) is 13.5. The number of benzene rings is 1. The van der Waals surface area contributed by atoms with Gasteiger partial charge in [0.25, 0.3) is 0 Å². The first-order chi connectivity index (χ1) is 12.7. The molecular formula is C18H14ClN5OS. The minimum absolute atomic E-state index is 0.153. The lowest BCUT2D eigenvalue weighted by molar-refractivity contribution is -0.115. The van der Waals surface area contributed by atoms with Gasteiger partial charge in [0.15, 0.2) is 5.82 Å². The number of aromatic nitrogens is 4. The lowest BCUT2D eigenvalue weighted by Gasteiger charge is -2.00. The van der Waals surface area contributed by atoms with Crippen molar-refractivity contribution in [3.63, 3.8) is 0 Å². The van der Waals surface area contributed by atoms with E-state index in [-0.39, 0.29) is 12.3 Å². The molecule has 0 aliphatic heterocycles. The first kappa shape index (κ1) is 16.6. The van der Waals surface area contributed by atoms with Crippen LogP contribution >= 0.6 is 22.9 Å². The van der Waals surface area contributed by atoms with Gasteiger partial charge in [-0.2, -0.15) is 10.2 Å². The van der Waals surface area contributed by atoms with Crippen molar-refractivity contribution in [3.05, 3.63) is 70.8 Å². The third-order valence-electron chi connectivity index (χ3n) is 3.71. The number of hydrogen-bond acceptors (Lipinski definition) is 4. The zero-order valence-corrected chi connectivity index (χ0v) is 15.1. The second kappa shape index (κ2) is 7.15. The average molecular weight is 384 g/mol. The Bertz CT molecular complexity index is 1040. The smallest absolute Gasteiger partial charge is 0.230 e. The van der Waals surface area contributed by atoms with Crippen molar-refractivity contribution in [3.8, 4) is 16.3 Å². The summed E-state index contributed by atoms with van der Waals surface area (Å²) < 4.78 is 2.45. The summed E-state index contributed by atoms with van der Waals surface area (Å²) in [4.78, 5) is 13.2. The molecule has 6 nitrogen and oxygen atoms in total. The predicted molar refractivity (Wildman–Crippen MR) is 103 cm³/mol. The highest BCUT2D eigenvalue weighted by Crippen LogP contribution is 2.30. The number of anilines is 1. The molecule has 3 aromatic heterocycles. The van der Waals surface area contributed by atoms with Crippen LogP contribution in [0.15, 0.2) is 60.9 Å². The van der Waals surface area contributed by atoms with Gasteiger partial charge in [0.1, 0.15) is 0 Å². The minimum atomic E-state index is -0.153. The van der Waals surface area contributed by atoms with Gasteiger partial charge in [-0.1, -0.05) is 29.8 Å². The molecule has 8 heteroatoms. The third-order valence-corrected chi connectivity index (χ3v) is 4.97. The molecule has 0 fully saturated rings. The molecule has 0 spiro atoms. The molecule has 0 unspecified atom stereocenters. The van der Waals surface area contributed by atoms with Crippen LogP contribution in [0.25, 0.3) is 16.3 Å². The first-order valence-corrected chi connectivity index (χ1v) is 9.07. The highest BCUT2D eigenvalue weighted by molar-refractivity contribution is 7.19. The molecule has 1 amide bonds. The quantitative estimate of drug-likeness (QED) is 0.543. The van der Waals surface area contributed by atoms with Gasteiger partial charge in [0.05, 0.1) is 33.2 Å². The Morgan fingerprint density at radius 2 is 2.08 bits per heavy atom. The lowest BCUT2D eigenvalue weighted by atomic mass is 10.2. The van der Waals surface area contributed by atoms with E-state index in [2.05, 4.69) is 20.6 Å². The third kappa shape index (κ3) is 3.68. The van der Waals surface area contributed by atoms with Crippen molar-refractivity contribution in [1.29, 1.82) is 0 Å². The number of rotatable bonds is 5. The van der Waals surface area contributed by atoms with E-state index < -0.39 is 0 Å². The average Bonchev–Trinajstić information content (AvgIpc) is 3.37. The van der Waals surface area contributed by atoms with Gasteiger partial charge in [-0.25, -0.2) is 4.68 Å². The van der Waals surface area contributed by atoms with Gasteiger partial charge in [-0.3, -0.25) is 9.89 Å². The number of H-pyrrole nitrogens is 1. The Balaban J connectivity index is 1.40. The molecule has 0 saturated carbocycles. The molecule has 26 heavy (non-hydrogen) atoms. The second-order valence-corrected chi connectivity index (χ2v) is 7.34. The molecule has 3 heterocycles. The van der Waals surface area contributed by atoms with Crippen LogP contribution in [0.3, 0.4) is 0 Å². The minimum Gasteiger partial charge on any atom is -0.309 e. The highest BCUT2D eigenvalue weighted by atomic mass is 35.5. The summed E-state index contributed by atoms with van der Waals surface area (Å²) in [6, 6.07) is 15.3. The van der Waals surface area contributed by atoms with E-state index in [9.17, 15) is 4.79 Å². The maximum absolute atomic E-state index is 12.3. The van der Waals surface area contributed by atoms with Crippen molar-refractivity contribution >= 4 is 34.7 Å². The normalized spacial score (nSPS) is 10.8. The highest BCUT2D eigenvalue weighted by Gasteiger charge is 2.11. The summed E-state index contributed by atoms with van der Waals surface area (Å²) in [6.07, 6.45) is 3.76. The van der Waals surface area contributed by atoms with E-state index in [0.717, 1.165) is 21.8 Å². The molecular weight excluding hydrogens is 370 g/mol. The van der Waals surface area contributed by atoms with Gasteiger partial charge >= 0.3 is 0 Å². The fraction of sp³-hybridized carbons (Fsp3) is 0.0556. The van der Waals surface area contributed by atoms with Crippen LogP contribution in [-0.4, -0.2) is 25.9 Å². The van der Waals surface area contributed by atoms with E-state index in [4.69, 9.17) is 11.6 Å². The number of para-hydroxylation sites is 1. The molecule has 0 bridgehead atoms. The number of halogens is 1. The summed E-state index contributed by atoms with van der Waals surface area (Å²) in [5.41, 5.74) is 2.59. The summed E-state index contributed by atoms with van der Waals surface area (Å²) in [5, 5.41) is 14.1. The number of nitrogens with one attached hydrogen (secondary N) is 2. The second-order valence-electron chi connectivity index (χ2n) is 5.62. The molecule has 4 rings (SSSR count). The molecule has 0 aliphatic rings. The maximum atomic E-state index is 12.3. The standard InChI is InChI=1S/C18H14ClN5OS/c19-16-7-6-15(26-16)14-9-17(23-22-14)21-18(25)8-12-10-20-24(11-12)13-4-2-1-3-5-13/h1-7,9-11H,8H2,(H2,21,22,23,25). The van der Waals surface area contributed by atoms with Gasteiger partial charge in [0, 0.05) is 12.3 Å². The SMILES string of the molecule is O=C(Cc1cnn(-c2ccccc2)c1)Nc1cc(-c2ccc(Cl)s2)[nH]n1. The van der Waals surface area contributed by atoms with E-state index in [1.54, 1.807) is 16.9 Å². The van der Waals surface area contributed by atoms with E-state index in [1.165, 1.54) is 11.3 Å².